The van der Waals surface area contributed by atoms with Crippen molar-refractivity contribution in [3.05, 3.63) is 58.1 Å². The fourth-order valence-corrected chi connectivity index (χ4v) is 3.40. The average Bonchev–Trinajstić information content (AvgIpc) is 2.65. The van der Waals surface area contributed by atoms with Crippen LogP contribution in [0.3, 0.4) is 0 Å². The third kappa shape index (κ3) is 6.75. The molecule has 0 aliphatic carbocycles. The van der Waals surface area contributed by atoms with Gasteiger partial charge in [0.15, 0.2) is 12.4 Å². The fourth-order valence-electron chi connectivity index (χ4n) is 2.45. The number of hydrogen-bond acceptors (Lipinski definition) is 6. The molecular formula is C20H21BrN2O6S. The number of anilines is 1. The highest BCUT2D eigenvalue weighted by molar-refractivity contribution is 9.10. The molecule has 0 spiro atoms. The SMILES string of the molecule is CC(C)CC(=O)Nc1ccc(C(=O)COC(=O)c2cc(S(N)(=O)=O)ccc2Br)cc1. The lowest BCUT2D eigenvalue weighted by Gasteiger charge is -2.09. The molecule has 1 amide bonds. The molecule has 0 aliphatic rings. The van der Waals surface area contributed by atoms with E-state index >= 15 is 0 Å². The van der Waals surface area contributed by atoms with Crippen molar-refractivity contribution in [2.75, 3.05) is 11.9 Å². The lowest BCUT2D eigenvalue weighted by Crippen LogP contribution is -2.17. The first-order valence-electron chi connectivity index (χ1n) is 8.90. The molecule has 2 aromatic rings. The summed E-state index contributed by atoms with van der Waals surface area (Å²) in [4.78, 5) is 36.1. The maximum atomic E-state index is 12.3. The van der Waals surface area contributed by atoms with E-state index in [9.17, 15) is 22.8 Å². The van der Waals surface area contributed by atoms with Crippen LogP contribution >= 0.6 is 15.9 Å². The highest BCUT2D eigenvalue weighted by Crippen LogP contribution is 2.21. The number of esters is 1. The number of sulfonamides is 1. The zero-order chi connectivity index (χ0) is 22.5. The molecule has 2 aromatic carbocycles. The van der Waals surface area contributed by atoms with Crippen molar-refractivity contribution >= 4 is 49.3 Å². The van der Waals surface area contributed by atoms with Crippen LogP contribution in [0.4, 0.5) is 5.69 Å². The fraction of sp³-hybridized carbons (Fsp3) is 0.250. The summed E-state index contributed by atoms with van der Waals surface area (Å²) in [5.41, 5.74) is 0.775. The van der Waals surface area contributed by atoms with Gasteiger partial charge in [-0.1, -0.05) is 13.8 Å². The number of nitrogens with one attached hydrogen (secondary N) is 1. The van der Waals surface area contributed by atoms with Crippen LogP contribution in [0.1, 0.15) is 41.0 Å². The van der Waals surface area contributed by atoms with Crippen molar-refractivity contribution in [1.82, 2.24) is 0 Å². The van der Waals surface area contributed by atoms with Gasteiger partial charge in [-0.15, -0.1) is 0 Å². The van der Waals surface area contributed by atoms with E-state index in [1.807, 2.05) is 13.8 Å². The van der Waals surface area contributed by atoms with Gasteiger partial charge in [-0.3, -0.25) is 9.59 Å². The van der Waals surface area contributed by atoms with Gasteiger partial charge < -0.3 is 10.1 Å². The Kier molecular flexibility index (Phi) is 7.88. The lowest BCUT2D eigenvalue weighted by molar-refractivity contribution is -0.116. The van der Waals surface area contributed by atoms with E-state index in [1.165, 1.54) is 24.3 Å². The van der Waals surface area contributed by atoms with Crippen LogP contribution < -0.4 is 10.5 Å². The molecule has 10 heteroatoms. The molecule has 0 fully saturated rings. The summed E-state index contributed by atoms with van der Waals surface area (Å²) in [5, 5.41) is 7.80. The van der Waals surface area contributed by atoms with Gasteiger partial charge in [0, 0.05) is 22.1 Å². The van der Waals surface area contributed by atoms with Gasteiger partial charge in [0.05, 0.1) is 10.5 Å². The number of nitrogens with two attached hydrogens (primary N) is 1. The first-order chi connectivity index (χ1) is 14.0. The zero-order valence-corrected chi connectivity index (χ0v) is 18.7. The van der Waals surface area contributed by atoms with Crippen molar-refractivity contribution < 1.29 is 27.5 Å². The number of carbonyl (C=O) groups excluding carboxylic acids is 3. The minimum atomic E-state index is -4.00. The Morgan fingerprint density at radius 1 is 1.10 bits per heavy atom. The Labute approximate surface area is 183 Å². The van der Waals surface area contributed by atoms with Crippen LogP contribution in [0.25, 0.3) is 0 Å². The van der Waals surface area contributed by atoms with E-state index in [2.05, 4.69) is 21.2 Å². The number of carbonyl (C=O) groups is 3. The normalized spacial score (nSPS) is 11.2. The Hall–Kier alpha value is -2.56. The van der Waals surface area contributed by atoms with Crippen molar-refractivity contribution in [1.29, 1.82) is 0 Å². The molecule has 0 aromatic heterocycles. The quantitative estimate of drug-likeness (QED) is 0.426. The van der Waals surface area contributed by atoms with Crippen LogP contribution in [-0.4, -0.2) is 32.7 Å². The molecule has 3 N–H and O–H groups in total. The van der Waals surface area contributed by atoms with Gasteiger partial charge >= 0.3 is 5.97 Å². The van der Waals surface area contributed by atoms with Crippen molar-refractivity contribution in [2.24, 2.45) is 11.1 Å². The van der Waals surface area contributed by atoms with Gasteiger partial charge in [0.1, 0.15) is 0 Å². The third-order valence-corrected chi connectivity index (χ3v) is 5.51. The van der Waals surface area contributed by atoms with E-state index in [1.54, 1.807) is 12.1 Å². The number of benzene rings is 2. The van der Waals surface area contributed by atoms with Gasteiger partial charge in [0.2, 0.25) is 15.9 Å². The van der Waals surface area contributed by atoms with Crippen LogP contribution in [-0.2, 0) is 19.6 Å². The molecule has 8 nitrogen and oxygen atoms in total. The highest BCUT2D eigenvalue weighted by atomic mass is 79.9. The van der Waals surface area contributed by atoms with Gasteiger partial charge in [-0.05, 0) is 64.3 Å². The Balaban J connectivity index is 2.00. The smallest absolute Gasteiger partial charge is 0.339 e. The van der Waals surface area contributed by atoms with Gasteiger partial charge in [-0.2, -0.15) is 0 Å². The second-order valence-electron chi connectivity index (χ2n) is 6.91. The summed E-state index contributed by atoms with van der Waals surface area (Å²) in [7, 11) is -4.00. The first kappa shape index (κ1) is 23.7. The van der Waals surface area contributed by atoms with Gasteiger partial charge in [-0.25, -0.2) is 18.4 Å². The largest absolute Gasteiger partial charge is 0.454 e. The van der Waals surface area contributed by atoms with E-state index in [-0.39, 0.29) is 22.3 Å². The van der Waals surface area contributed by atoms with E-state index in [4.69, 9.17) is 9.88 Å². The minimum Gasteiger partial charge on any atom is -0.454 e. The number of ketones is 1. The van der Waals surface area contributed by atoms with E-state index in [0.29, 0.717) is 22.1 Å². The lowest BCUT2D eigenvalue weighted by atomic mass is 10.1. The monoisotopic (exact) mass is 496 g/mol. The molecule has 0 unspecified atom stereocenters. The van der Waals surface area contributed by atoms with Gasteiger partial charge in [0.25, 0.3) is 0 Å². The first-order valence-corrected chi connectivity index (χ1v) is 11.2. The molecule has 0 radical (unpaired) electrons. The summed E-state index contributed by atoms with van der Waals surface area (Å²) in [6.45, 7) is 3.34. The number of primary sulfonamides is 1. The molecule has 0 atom stereocenters. The van der Waals surface area contributed by atoms with Crippen molar-refractivity contribution in [2.45, 2.75) is 25.2 Å². The molecule has 0 aliphatic heterocycles. The Bertz CT molecular complexity index is 1070. The van der Waals surface area contributed by atoms with Crippen LogP contribution in [0.15, 0.2) is 51.8 Å². The van der Waals surface area contributed by atoms with E-state index < -0.39 is 28.4 Å². The molecule has 0 bridgehead atoms. The minimum absolute atomic E-state index is 0.0717. The summed E-state index contributed by atoms with van der Waals surface area (Å²) < 4.78 is 28.2. The molecule has 0 saturated carbocycles. The summed E-state index contributed by atoms with van der Waals surface area (Å²) >= 11 is 3.14. The molecular weight excluding hydrogens is 476 g/mol. The number of ether oxygens (including phenoxy) is 1. The zero-order valence-electron chi connectivity index (χ0n) is 16.3. The predicted molar refractivity (Wildman–Crippen MR) is 115 cm³/mol. The highest BCUT2D eigenvalue weighted by Gasteiger charge is 2.18. The van der Waals surface area contributed by atoms with Crippen LogP contribution in [0.5, 0.6) is 0 Å². The summed E-state index contributed by atoms with van der Waals surface area (Å²) in [6.07, 6.45) is 0.388. The van der Waals surface area contributed by atoms with Crippen molar-refractivity contribution in [3.8, 4) is 0 Å². The maximum Gasteiger partial charge on any atom is 0.339 e. The summed E-state index contributed by atoms with van der Waals surface area (Å²) in [6, 6.07) is 9.85. The van der Waals surface area contributed by atoms with E-state index in [0.717, 1.165) is 6.07 Å². The molecule has 2 rings (SSSR count). The maximum absolute atomic E-state index is 12.3. The number of Topliss-reactive ketones (excluding diaryl/α,β-unsaturated/α-hetero) is 1. The Morgan fingerprint density at radius 2 is 1.73 bits per heavy atom. The van der Waals surface area contributed by atoms with Crippen molar-refractivity contribution in [3.63, 3.8) is 0 Å². The summed E-state index contributed by atoms with van der Waals surface area (Å²) in [5.74, 6) is -1.23. The standard InChI is InChI=1S/C20H21BrN2O6S/c1-12(2)9-19(25)23-14-5-3-13(4-6-14)18(24)11-29-20(26)16-10-15(30(22,27)28)7-8-17(16)21/h3-8,10,12H,9,11H2,1-2H3,(H,23,25)(H2,22,27,28). The molecule has 30 heavy (non-hydrogen) atoms. The van der Waals surface area contributed by atoms with Crippen LogP contribution in [0, 0.1) is 5.92 Å². The van der Waals surface area contributed by atoms with Crippen LogP contribution in [0.2, 0.25) is 0 Å². The molecule has 0 saturated heterocycles. The topological polar surface area (TPSA) is 133 Å². The Morgan fingerprint density at radius 3 is 2.30 bits per heavy atom. The molecule has 0 heterocycles. The third-order valence-electron chi connectivity index (χ3n) is 3.90. The number of amides is 1. The number of rotatable bonds is 8. The second kappa shape index (κ2) is 9.96. The second-order valence-corrected chi connectivity index (χ2v) is 9.33. The predicted octanol–water partition coefficient (Wildman–Crippen LogP) is 3.12. The number of hydrogen-bond donors (Lipinski definition) is 2. The molecule has 160 valence electrons. The average molecular weight is 497 g/mol. The number of halogens is 1.